The zero-order valence-electron chi connectivity index (χ0n) is 11.4. The number of nitrogens with one attached hydrogen (secondary N) is 1. The van der Waals surface area contributed by atoms with Crippen molar-refractivity contribution in [3.05, 3.63) is 36.1 Å². The minimum absolute atomic E-state index is 0.184. The molecular formula is C15H16N2O4. The van der Waals surface area contributed by atoms with Crippen molar-refractivity contribution in [2.24, 2.45) is 5.73 Å². The van der Waals surface area contributed by atoms with Gasteiger partial charge in [0.15, 0.2) is 5.76 Å². The second-order valence-corrected chi connectivity index (χ2v) is 5.08. The number of rotatable bonds is 4. The van der Waals surface area contributed by atoms with Crippen LogP contribution in [0.1, 0.15) is 23.4 Å². The van der Waals surface area contributed by atoms with Crippen molar-refractivity contribution in [2.75, 3.05) is 6.54 Å². The molecule has 3 N–H and O–H groups in total. The molecular weight excluding hydrogens is 272 g/mol. The van der Waals surface area contributed by atoms with Gasteiger partial charge in [-0.05, 0) is 25.0 Å². The maximum absolute atomic E-state index is 12.0. The Balaban J connectivity index is 1.58. The molecule has 1 saturated heterocycles. The van der Waals surface area contributed by atoms with Crippen LogP contribution in [0, 0.1) is 0 Å². The van der Waals surface area contributed by atoms with Crippen LogP contribution in [0.4, 0.5) is 0 Å². The molecule has 2 heterocycles. The molecule has 0 spiro atoms. The summed E-state index contributed by atoms with van der Waals surface area (Å²) in [5.74, 6) is -0.487. The summed E-state index contributed by atoms with van der Waals surface area (Å²) in [5.41, 5.74) is 5.86. The predicted molar refractivity (Wildman–Crippen MR) is 75.6 cm³/mol. The highest BCUT2D eigenvalue weighted by Crippen LogP contribution is 2.20. The highest BCUT2D eigenvalue weighted by atomic mass is 16.5. The molecule has 2 amide bonds. The van der Waals surface area contributed by atoms with E-state index in [1.54, 1.807) is 6.07 Å². The van der Waals surface area contributed by atoms with E-state index in [9.17, 15) is 9.59 Å². The number of hydrogen-bond acceptors (Lipinski definition) is 4. The normalized spacial score (nSPS) is 21.5. The van der Waals surface area contributed by atoms with Crippen molar-refractivity contribution >= 4 is 22.8 Å². The van der Waals surface area contributed by atoms with Crippen molar-refractivity contribution in [3.8, 4) is 0 Å². The number of carbonyl (C=O) groups excluding carboxylic acids is 2. The molecule has 3 rings (SSSR count). The summed E-state index contributed by atoms with van der Waals surface area (Å²) in [6.07, 6.45) is 0.572. The van der Waals surface area contributed by atoms with Gasteiger partial charge in [0.2, 0.25) is 5.91 Å². The molecule has 6 heteroatoms. The fourth-order valence-electron chi connectivity index (χ4n) is 2.45. The minimum Gasteiger partial charge on any atom is -0.451 e. The Morgan fingerprint density at radius 3 is 2.81 bits per heavy atom. The van der Waals surface area contributed by atoms with Crippen LogP contribution in [0.25, 0.3) is 11.0 Å². The first-order valence-corrected chi connectivity index (χ1v) is 6.85. The lowest BCUT2D eigenvalue weighted by Crippen LogP contribution is -2.34. The lowest BCUT2D eigenvalue weighted by molar-refractivity contribution is -0.128. The van der Waals surface area contributed by atoms with Crippen LogP contribution in [0.15, 0.2) is 34.7 Å². The Hall–Kier alpha value is -2.34. The Labute approximate surface area is 121 Å². The van der Waals surface area contributed by atoms with Crippen LogP contribution in [-0.4, -0.2) is 30.6 Å². The number of ether oxygens (including phenoxy) is 1. The molecule has 1 aromatic carbocycles. The monoisotopic (exact) mass is 288 g/mol. The van der Waals surface area contributed by atoms with Crippen LogP contribution in [0.5, 0.6) is 0 Å². The molecule has 1 fully saturated rings. The van der Waals surface area contributed by atoms with Gasteiger partial charge in [-0.2, -0.15) is 0 Å². The van der Waals surface area contributed by atoms with Gasteiger partial charge in [0.25, 0.3) is 5.91 Å². The first-order valence-electron chi connectivity index (χ1n) is 6.85. The first kappa shape index (κ1) is 13.6. The maximum Gasteiger partial charge on any atom is 0.287 e. The average molecular weight is 288 g/mol. The molecule has 21 heavy (non-hydrogen) atoms. The van der Waals surface area contributed by atoms with Crippen LogP contribution < -0.4 is 11.1 Å². The van der Waals surface area contributed by atoms with Crippen LogP contribution >= 0.6 is 0 Å². The van der Waals surface area contributed by atoms with Crippen LogP contribution in [-0.2, 0) is 9.53 Å². The van der Waals surface area contributed by atoms with E-state index in [1.165, 1.54) is 0 Å². The number of hydrogen-bond donors (Lipinski definition) is 2. The van der Waals surface area contributed by atoms with E-state index in [1.807, 2.05) is 24.3 Å². The van der Waals surface area contributed by atoms with Crippen molar-refractivity contribution in [3.63, 3.8) is 0 Å². The third-order valence-corrected chi connectivity index (χ3v) is 3.56. The second-order valence-electron chi connectivity index (χ2n) is 5.08. The van der Waals surface area contributed by atoms with Gasteiger partial charge in [-0.25, -0.2) is 0 Å². The Bertz CT molecular complexity index is 646. The zero-order valence-corrected chi connectivity index (χ0v) is 11.4. The van der Waals surface area contributed by atoms with Gasteiger partial charge in [0.05, 0.1) is 6.10 Å². The summed E-state index contributed by atoms with van der Waals surface area (Å²) in [6.45, 7) is 0.333. The summed E-state index contributed by atoms with van der Waals surface area (Å²) in [7, 11) is 0. The smallest absolute Gasteiger partial charge is 0.287 e. The molecule has 0 saturated carbocycles. The molecule has 0 aliphatic carbocycles. The van der Waals surface area contributed by atoms with Crippen molar-refractivity contribution in [1.29, 1.82) is 0 Å². The third kappa shape index (κ3) is 2.90. The highest BCUT2D eigenvalue weighted by Gasteiger charge is 2.29. The van der Waals surface area contributed by atoms with Crippen LogP contribution in [0.3, 0.4) is 0 Å². The van der Waals surface area contributed by atoms with E-state index in [-0.39, 0.29) is 17.8 Å². The molecule has 0 bridgehead atoms. The number of amides is 2. The number of primary amides is 1. The molecule has 110 valence electrons. The van der Waals surface area contributed by atoms with E-state index < -0.39 is 12.0 Å². The molecule has 1 aliphatic heterocycles. The lowest BCUT2D eigenvalue weighted by atomic mass is 10.2. The van der Waals surface area contributed by atoms with Gasteiger partial charge in [-0.1, -0.05) is 18.2 Å². The lowest BCUT2D eigenvalue weighted by Gasteiger charge is -2.11. The van der Waals surface area contributed by atoms with Gasteiger partial charge in [0, 0.05) is 11.9 Å². The largest absolute Gasteiger partial charge is 0.451 e. The quantitative estimate of drug-likeness (QED) is 0.883. The van der Waals surface area contributed by atoms with Gasteiger partial charge in [-0.3, -0.25) is 9.59 Å². The van der Waals surface area contributed by atoms with Crippen LogP contribution in [0.2, 0.25) is 0 Å². The van der Waals surface area contributed by atoms with E-state index in [2.05, 4.69) is 5.32 Å². The highest BCUT2D eigenvalue weighted by molar-refractivity contribution is 5.96. The molecule has 0 radical (unpaired) electrons. The first-order chi connectivity index (χ1) is 10.1. The fraction of sp³-hybridized carbons (Fsp3) is 0.333. The topological polar surface area (TPSA) is 94.6 Å². The molecule has 1 aliphatic rings. The summed E-state index contributed by atoms with van der Waals surface area (Å²) in [4.78, 5) is 23.0. The Kier molecular flexibility index (Phi) is 3.62. The van der Waals surface area contributed by atoms with Gasteiger partial charge in [0.1, 0.15) is 11.7 Å². The van der Waals surface area contributed by atoms with E-state index in [0.717, 1.165) is 5.39 Å². The average Bonchev–Trinajstić information content (AvgIpc) is 3.11. The van der Waals surface area contributed by atoms with E-state index in [0.29, 0.717) is 25.0 Å². The van der Waals surface area contributed by atoms with E-state index >= 15 is 0 Å². The number of benzene rings is 1. The summed E-state index contributed by atoms with van der Waals surface area (Å²) in [6, 6.07) is 9.13. The molecule has 1 aromatic heterocycles. The van der Waals surface area contributed by atoms with Crippen molar-refractivity contribution in [1.82, 2.24) is 5.32 Å². The summed E-state index contributed by atoms with van der Waals surface area (Å²) in [5, 5.41) is 3.63. The zero-order chi connectivity index (χ0) is 14.8. The molecule has 2 atom stereocenters. The summed E-state index contributed by atoms with van der Waals surface area (Å²) < 4.78 is 10.9. The molecule has 6 nitrogen and oxygen atoms in total. The Morgan fingerprint density at radius 1 is 1.29 bits per heavy atom. The van der Waals surface area contributed by atoms with Gasteiger partial charge < -0.3 is 20.2 Å². The second kappa shape index (κ2) is 5.57. The number of furan rings is 1. The molecule has 2 aromatic rings. The van der Waals surface area contributed by atoms with Gasteiger partial charge in [-0.15, -0.1) is 0 Å². The number of para-hydroxylation sites is 1. The van der Waals surface area contributed by atoms with Crippen molar-refractivity contribution in [2.45, 2.75) is 25.0 Å². The minimum atomic E-state index is -0.543. The Morgan fingerprint density at radius 2 is 2.10 bits per heavy atom. The third-order valence-electron chi connectivity index (χ3n) is 3.56. The standard InChI is InChI=1S/C15H16N2O4/c16-14(18)12-6-5-10(20-12)8-17-15(19)13-7-9-3-1-2-4-11(9)21-13/h1-4,7,10,12H,5-6,8H2,(H2,16,18)(H,17,19)/t10-,12-/m1/s1. The number of nitrogens with two attached hydrogens (primary N) is 1. The number of carbonyl (C=O) groups is 2. The number of fused-ring (bicyclic) bond motifs is 1. The maximum atomic E-state index is 12.0. The summed E-state index contributed by atoms with van der Waals surface area (Å²) >= 11 is 0. The SMILES string of the molecule is NC(=O)[C@H]1CC[C@H](CNC(=O)c2cc3ccccc3o2)O1. The predicted octanol–water partition coefficient (Wildman–Crippen LogP) is 1.20. The fourth-order valence-corrected chi connectivity index (χ4v) is 2.45. The van der Waals surface area contributed by atoms with Crippen molar-refractivity contribution < 1.29 is 18.7 Å². The van der Waals surface area contributed by atoms with Gasteiger partial charge >= 0.3 is 0 Å². The van der Waals surface area contributed by atoms with E-state index in [4.69, 9.17) is 14.9 Å². The molecule has 0 unspecified atom stereocenters.